The number of nitrogens with zero attached hydrogens (tertiary/aromatic N) is 2. The normalized spacial score (nSPS) is 2.00. The van der Waals surface area contributed by atoms with Crippen LogP contribution < -0.4 is 4.97 Å². The van der Waals surface area contributed by atoms with Gasteiger partial charge in [0.15, 0.2) is 4.91 Å². The predicted octanol–water partition coefficient (Wildman–Crippen LogP) is -0.161. The van der Waals surface area contributed by atoms with Crippen molar-refractivity contribution in [2.75, 3.05) is 0 Å². The van der Waals surface area contributed by atoms with E-state index in [0.717, 1.165) is 0 Å². The Morgan fingerprint density at radius 2 is 1.75 bits per heavy atom. The van der Waals surface area contributed by atoms with Crippen LogP contribution >= 0.6 is 0 Å². The van der Waals surface area contributed by atoms with E-state index in [0.29, 0.717) is 0 Å². The van der Waals surface area contributed by atoms with E-state index in [-0.39, 0.29) is 19.5 Å². The van der Waals surface area contributed by atoms with Gasteiger partial charge in [0.2, 0.25) is 0 Å². The molecule has 0 rings (SSSR count). The second-order valence-corrected chi connectivity index (χ2v) is 0.0816. The molecule has 4 heteroatoms. The molecule has 24 valence electrons. The van der Waals surface area contributed by atoms with Gasteiger partial charge in [-0.2, -0.15) is 0 Å². The van der Waals surface area contributed by atoms with Crippen LogP contribution in [0.4, 0.5) is 0 Å². The van der Waals surface area contributed by atoms with E-state index < -0.39 is 0 Å². The van der Waals surface area contributed by atoms with Crippen LogP contribution in [0.15, 0.2) is 0 Å². The molecule has 0 N–H and O–H groups in total. The van der Waals surface area contributed by atoms with Gasteiger partial charge in [-0.3, -0.25) is 5.53 Å². The van der Waals surface area contributed by atoms with Crippen molar-refractivity contribution in [2.24, 2.45) is 0 Å². The minimum absolute atomic E-state index is 0. The quantitative estimate of drug-likeness (QED) is 0.265. The Labute approximate surface area is 35.6 Å². The molecule has 0 aliphatic heterocycles. The molecule has 0 spiro atoms. The maximum Gasteiger partial charge on any atom is 0.151 e. The first-order valence-electron chi connectivity index (χ1n) is 0.383. The van der Waals surface area contributed by atoms with Gasteiger partial charge in [-0.25, -0.2) is 0 Å². The molecular weight excluding hydrogens is 145 g/mol. The molecule has 0 unspecified atom stereocenters. The topological polar surface area (TPSA) is 53.5 Å². The first-order chi connectivity index (χ1) is 1.41. The average molecular weight is 145 g/mol. The SMILES string of the molecule is [N-]=[N+]=O.[Ru]. The zero-order valence-electron chi connectivity index (χ0n) is 1.66. The van der Waals surface area contributed by atoms with Crippen molar-refractivity contribution in [2.45, 2.75) is 0 Å². The van der Waals surface area contributed by atoms with Gasteiger partial charge in [-0.15, -0.1) is 0 Å². The molecule has 0 amide bonds. The Morgan fingerprint density at radius 1 is 1.75 bits per heavy atom. The van der Waals surface area contributed by atoms with Crippen molar-refractivity contribution >= 4 is 0 Å². The van der Waals surface area contributed by atoms with Crippen LogP contribution in [0.5, 0.6) is 0 Å². The smallest absolute Gasteiger partial charge is 0.151 e. The van der Waals surface area contributed by atoms with Crippen LogP contribution in [0.3, 0.4) is 0 Å². The zero-order chi connectivity index (χ0) is 2.71. The molecule has 0 bridgehead atoms. The Bertz CT molecular complexity index is 27.0. The van der Waals surface area contributed by atoms with Crippen molar-refractivity contribution in [1.29, 1.82) is 0 Å². The fourth-order valence-corrected chi connectivity index (χ4v) is 0. The monoisotopic (exact) mass is 146 g/mol. The van der Waals surface area contributed by atoms with Gasteiger partial charge in [0.25, 0.3) is 0 Å². The molecule has 3 nitrogen and oxygen atoms in total. The van der Waals surface area contributed by atoms with E-state index in [1.807, 2.05) is 0 Å². The number of nitroso groups, excluding NO2 is 1. The molecular formula is N2ORu. The summed E-state index contributed by atoms with van der Waals surface area (Å²) in [5, 5.41) is 0. The molecule has 0 aliphatic carbocycles. The largest absolute Gasteiger partial charge is 0.294 e. The summed E-state index contributed by atoms with van der Waals surface area (Å²) >= 11 is 0. The third-order valence-electron chi connectivity index (χ3n) is 0. The summed E-state index contributed by atoms with van der Waals surface area (Å²) in [5.74, 6) is 0. The number of hydrogen-bond acceptors (Lipinski definition) is 1. The van der Waals surface area contributed by atoms with Crippen LogP contribution in [0.25, 0.3) is 5.53 Å². The molecule has 4 heavy (non-hydrogen) atoms. The molecule has 0 aromatic heterocycles. The van der Waals surface area contributed by atoms with Crippen molar-refractivity contribution in [3.8, 4) is 0 Å². The second kappa shape index (κ2) is 12.6. The van der Waals surface area contributed by atoms with Gasteiger partial charge in [-0.05, 0) is 0 Å². The fraction of sp³-hybridized carbons (Fsp3) is 0. The second-order valence-electron chi connectivity index (χ2n) is 0.0816. The molecule has 0 fully saturated rings. The first kappa shape index (κ1) is 9.05. The summed E-state index contributed by atoms with van der Waals surface area (Å²) in [4.78, 5) is 9.36. The minimum Gasteiger partial charge on any atom is -0.294 e. The van der Waals surface area contributed by atoms with Crippen LogP contribution in [0, 0.1) is 4.91 Å². The summed E-state index contributed by atoms with van der Waals surface area (Å²) < 4.78 is 0. The van der Waals surface area contributed by atoms with E-state index in [1.54, 1.807) is 0 Å². The van der Waals surface area contributed by atoms with Crippen molar-refractivity contribution in [3.63, 3.8) is 0 Å². The van der Waals surface area contributed by atoms with Crippen LogP contribution in [-0.4, -0.2) is 0 Å². The van der Waals surface area contributed by atoms with E-state index in [2.05, 4.69) is 0 Å². The van der Waals surface area contributed by atoms with E-state index in [4.69, 9.17) is 10.4 Å². The Kier molecular flexibility index (Phi) is 28.5. The summed E-state index contributed by atoms with van der Waals surface area (Å²) in [5.41, 5.74) is 6.64. The van der Waals surface area contributed by atoms with Gasteiger partial charge in [0.1, 0.15) is 4.97 Å². The minimum atomic E-state index is 0. The van der Waals surface area contributed by atoms with Gasteiger partial charge in [-0.1, -0.05) is 0 Å². The van der Waals surface area contributed by atoms with Crippen LogP contribution in [0.2, 0.25) is 0 Å². The summed E-state index contributed by atoms with van der Waals surface area (Å²) in [6, 6.07) is 0. The van der Waals surface area contributed by atoms with Crippen LogP contribution in [-0.2, 0) is 19.5 Å². The predicted molar refractivity (Wildman–Crippen MR) is 8.86 cm³/mol. The Morgan fingerprint density at radius 3 is 1.75 bits per heavy atom. The maximum absolute atomic E-state index is 8.11. The third kappa shape index (κ3) is 379. The standard InChI is InChI=1S/N2O.Ru/c1-2-3;. The Balaban J connectivity index is 0. The molecule has 0 aromatic rings. The van der Waals surface area contributed by atoms with Crippen molar-refractivity contribution in [1.82, 2.24) is 4.97 Å². The molecule has 0 radical (unpaired) electrons. The maximum atomic E-state index is 8.11. The van der Waals surface area contributed by atoms with Crippen molar-refractivity contribution in [3.05, 3.63) is 10.4 Å². The van der Waals surface area contributed by atoms with E-state index >= 15 is 0 Å². The molecule has 0 saturated carbocycles. The third-order valence-corrected chi connectivity index (χ3v) is 0. The van der Waals surface area contributed by atoms with Crippen LogP contribution in [0.1, 0.15) is 0 Å². The van der Waals surface area contributed by atoms with E-state index in [1.165, 1.54) is 4.97 Å². The van der Waals surface area contributed by atoms with Gasteiger partial charge >= 0.3 is 0 Å². The summed E-state index contributed by atoms with van der Waals surface area (Å²) in [6.07, 6.45) is 0. The molecule has 0 aliphatic rings. The van der Waals surface area contributed by atoms with E-state index in [9.17, 15) is 0 Å². The van der Waals surface area contributed by atoms with Gasteiger partial charge < -0.3 is 0 Å². The van der Waals surface area contributed by atoms with Gasteiger partial charge in [0.05, 0.1) is 0 Å². The fourth-order valence-electron chi connectivity index (χ4n) is 0. The first-order valence-corrected chi connectivity index (χ1v) is 0.383. The summed E-state index contributed by atoms with van der Waals surface area (Å²) in [7, 11) is 0. The van der Waals surface area contributed by atoms with Gasteiger partial charge in [0, 0.05) is 19.5 Å². The molecule has 0 atom stereocenters. The zero-order valence-corrected chi connectivity index (χ0v) is 3.39. The molecule has 0 aromatic carbocycles. The summed E-state index contributed by atoms with van der Waals surface area (Å²) in [6.45, 7) is 0. The Hall–Kier alpha value is -0.0666. The van der Waals surface area contributed by atoms with Crippen molar-refractivity contribution < 1.29 is 19.5 Å². The molecule has 0 saturated heterocycles. The number of rotatable bonds is 0. The molecule has 0 heterocycles. The number of hydrogen-bond donors (Lipinski definition) is 0. The average Bonchev–Trinajstić information content (AvgIpc) is 0.918.